The first-order valence-corrected chi connectivity index (χ1v) is 9.39. The van der Waals surface area contributed by atoms with Gasteiger partial charge in [0, 0.05) is 19.1 Å². The van der Waals surface area contributed by atoms with E-state index in [2.05, 4.69) is 4.72 Å². The Morgan fingerprint density at radius 1 is 1.16 bits per heavy atom. The van der Waals surface area contributed by atoms with Crippen LogP contribution in [0.15, 0.2) is 0 Å². The van der Waals surface area contributed by atoms with E-state index in [1.807, 2.05) is 0 Å². The summed E-state index contributed by atoms with van der Waals surface area (Å²) in [4.78, 5) is 0. The van der Waals surface area contributed by atoms with E-state index in [4.69, 9.17) is 16.3 Å². The fourth-order valence-electron chi connectivity index (χ4n) is 3.06. The first kappa shape index (κ1) is 15.5. The van der Waals surface area contributed by atoms with Crippen LogP contribution in [0.4, 0.5) is 0 Å². The Bertz CT molecular complexity index is 373. The summed E-state index contributed by atoms with van der Waals surface area (Å²) in [5.41, 5.74) is -0.493. The third-order valence-electron chi connectivity index (χ3n) is 4.26. The van der Waals surface area contributed by atoms with Gasteiger partial charge in [-0.05, 0) is 31.6 Å². The molecule has 0 radical (unpaired) electrons. The summed E-state index contributed by atoms with van der Waals surface area (Å²) in [6.07, 6.45) is 6.98. The van der Waals surface area contributed by atoms with Crippen molar-refractivity contribution in [2.45, 2.75) is 50.5 Å². The minimum absolute atomic E-state index is 0.256. The Morgan fingerprint density at radius 2 is 1.79 bits per heavy atom. The van der Waals surface area contributed by atoms with E-state index in [0.29, 0.717) is 37.9 Å². The van der Waals surface area contributed by atoms with Crippen LogP contribution < -0.4 is 4.72 Å². The van der Waals surface area contributed by atoms with Gasteiger partial charge in [0.1, 0.15) is 0 Å². The molecule has 0 spiro atoms. The van der Waals surface area contributed by atoms with E-state index < -0.39 is 15.6 Å². The van der Waals surface area contributed by atoms with E-state index in [-0.39, 0.29) is 5.75 Å². The van der Waals surface area contributed by atoms with E-state index >= 15 is 0 Å². The predicted octanol–water partition coefficient (Wildman–Crippen LogP) is 2.27. The number of hydrogen-bond acceptors (Lipinski definition) is 3. The van der Waals surface area contributed by atoms with Gasteiger partial charge in [-0.25, -0.2) is 13.1 Å². The maximum Gasteiger partial charge on any atom is 0.212 e. The van der Waals surface area contributed by atoms with Gasteiger partial charge in [-0.3, -0.25) is 0 Å². The van der Waals surface area contributed by atoms with Gasteiger partial charge in [-0.1, -0.05) is 19.3 Å². The molecular formula is C13H24ClNO3S. The van der Waals surface area contributed by atoms with Crippen molar-refractivity contribution in [1.82, 2.24) is 4.72 Å². The lowest BCUT2D eigenvalue weighted by molar-refractivity contribution is 0.0548. The lowest BCUT2D eigenvalue weighted by Crippen LogP contribution is -2.54. The van der Waals surface area contributed by atoms with Crippen molar-refractivity contribution in [3.63, 3.8) is 0 Å². The molecule has 0 aromatic carbocycles. The molecule has 1 aliphatic carbocycles. The molecule has 0 bridgehead atoms. The van der Waals surface area contributed by atoms with Crippen LogP contribution in [-0.4, -0.2) is 38.8 Å². The Hall–Kier alpha value is 0.160. The van der Waals surface area contributed by atoms with Crippen molar-refractivity contribution in [3.05, 3.63) is 0 Å². The van der Waals surface area contributed by atoms with Crippen LogP contribution in [0, 0.1) is 5.92 Å². The molecule has 1 heterocycles. The van der Waals surface area contributed by atoms with Gasteiger partial charge in [-0.15, -0.1) is 11.6 Å². The molecular weight excluding hydrogens is 286 g/mol. The summed E-state index contributed by atoms with van der Waals surface area (Å²) in [6, 6.07) is 0. The van der Waals surface area contributed by atoms with E-state index in [0.717, 1.165) is 25.7 Å². The normalized spacial score (nSPS) is 25.3. The minimum Gasteiger partial charge on any atom is -0.381 e. The lowest BCUT2D eigenvalue weighted by atomic mass is 9.91. The van der Waals surface area contributed by atoms with Gasteiger partial charge < -0.3 is 4.74 Å². The van der Waals surface area contributed by atoms with Crippen LogP contribution >= 0.6 is 11.6 Å². The molecule has 1 aliphatic heterocycles. The number of halogens is 1. The van der Waals surface area contributed by atoms with Crippen LogP contribution in [-0.2, 0) is 14.8 Å². The smallest absolute Gasteiger partial charge is 0.212 e. The molecule has 6 heteroatoms. The molecule has 1 saturated carbocycles. The average molecular weight is 310 g/mol. The zero-order chi connectivity index (χ0) is 13.8. The highest BCUT2D eigenvalue weighted by Gasteiger charge is 2.36. The second kappa shape index (κ2) is 6.74. The fraction of sp³-hybridized carbons (Fsp3) is 1.00. The largest absolute Gasteiger partial charge is 0.381 e. The molecule has 0 unspecified atom stereocenters. The summed E-state index contributed by atoms with van der Waals surface area (Å²) in [6.45, 7) is 1.16. The molecule has 0 aromatic rings. The molecule has 112 valence electrons. The van der Waals surface area contributed by atoms with Crippen molar-refractivity contribution in [2.75, 3.05) is 24.8 Å². The summed E-state index contributed by atoms with van der Waals surface area (Å²) in [7, 11) is -3.24. The summed E-state index contributed by atoms with van der Waals surface area (Å²) in [5, 5.41) is 0. The van der Waals surface area contributed by atoms with Crippen LogP contribution in [0.2, 0.25) is 0 Å². The monoisotopic (exact) mass is 309 g/mol. The number of sulfonamides is 1. The van der Waals surface area contributed by atoms with Gasteiger partial charge in [0.25, 0.3) is 0 Å². The molecule has 0 atom stereocenters. The zero-order valence-corrected chi connectivity index (χ0v) is 12.9. The van der Waals surface area contributed by atoms with E-state index in [9.17, 15) is 8.42 Å². The topological polar surface area (TPSA) is 55.4 Å². The highest BCUT2D eigenvalue weighted by Crippen LogP contribution is 2.27. The number of ether oxygens (including phenoxy) is 1. The molecule has 2 rings (SSSR count). The van der Waals surface area contributed by atoms with Crippen molar-refractivity contribution < 1.29 is 13.2 Å². The number of rotatable bonds is 5. The van der Waals surface area contributed by atoms with Gasteiger partial charge in [0.05, 0.1) is 11.3 Å². The lowest BCUT2D eigenvalue weighted by Gasteiger charge is -2.36. The summed E-state index contributed by atoms with van der Waals surface area (Å²) in [5.74, 6) is 0.894. The third kappa shape index (κ3) is 4.59. The Morgan fingerprint density at radius 3 is 2.37 bits per heavy atom. The fourth-order valence-corrected chi connectivity index (χ4v) is 5.45. The van der Waals surface area contributed by atoms with Crippen LogP contribution in [0.3, 0.4) is 0 Å². The minimum atomic E-state index is -3.24. The SMILES string of the molecule is O=S(=O)(CC1CCCCC1)NC1(CCl)CCOCC1. The van der Waals surface area contributed by atoms with Gasteiger partial charge in [0.2, 0.25) is 10.0 Å². The maximum atomic E-state index is 12.3. The highest BCUT2D eigenvalue weighted by atomic mass is 35.5. The highest BCUT2D eigenvalue weighted by molar-refractivity contribution is 7.89. The molecule has 4 nitrogen and oxygen atoms in total. The molecule has 2 fully saturated rings. The van der Waals surface area contributed by atoms with Crippen LogP contribution in [0.5, 0.6) is 0 Å². The van der Waals surface area contributed by atoms with Crippen molar-refractivity contribution in [1.29, 1.82) is 0 Å². The predicted molar refractivity (Wildman–Crippen MR) is 77.0 cm³/mol. The second-order valence-electron chi connectivity index (χ2n) is 5.91. The van der Waals surface area contributed by atoms with E-state index in [1.165, 1.54) is 6.42 Å². The molecule has 19 heavy (non-hydrogen) atoms. The number of hydrogen-bond donors (Lipinski definition) is 1. The number of alkyl halides is 1. The van der Waals surface area contributed by atoms with Gasteiger partial charge in [-0.2, -0.15) is 0 Å². The molecule has 0 aromatic heterocycles. The van der Waals surface area contributed by atoms with Crippen molar-refractivity contribution in [2.24, 2.45) is 5.92 Å². The molecule has 0 amide bonds. The number of nitrogens with one attached hydrogen (secondary N) is 1. The average Bonchev–Trinajstić information content (AvgIpc) is 2.40. The van der Waals surface area contributed by atoms with Crippen LogP contribution in [0.25, 0.3) is 0 Å². The maximum absolute atomic E-state index is 12.3. The molecule has 1 saturated heterocycles. The standard InChI is InChI=1S/C13H24ClNO3S/c14-11-13(6-8-18-9-7-13)15-19(16,17)10-12-4-2-1-3-5-12/h12,15H,1-11H2. The first-order valence-electron chi connectivity index (χ1n) is 7.21. The molecule has 1 N–H and O–H groups in total. The van der Waals surface area contributed by atoms with Gasteiger partial charge in [0.15, 0.2) is 0 Å². The van der Waals surface area contributed by atoms with Crippen LogP contribution in [0.1, 0.15) is 44.9 Å². The zero-order valence-electron chi connectivity index (χ0n) is 11.4. The first-order chi connectivity index (χ1) is 9.05. The molecule has 2 aliphatic rings. The third-order valence-corrected chi connectivity index (χ3v) is 6.42. The Kier molecular flexibility index (Phi) is 5.52. The quantitative estimate of drug-likeness (QED) is 0.793. The van der Waals surface area contributed by atoms with Gasteiger partial charge >= 0.3 is 0 Å². The summed E-state index contributed by atoms with van der Waals surface area (Å²) < 4.78 is 32.8. The summed E-state index contributed by atoms with van der Waals surface area (Å²) >= 11 is 6.00. The van der Waals surface area contributed by atoms with E-state index in [1.54, 1.807) is 0 Å². The Balaban J connectivity index is 1.94. The van der Waals surface area contributed by atoms with Crippen molar-refractivity contribution in [3.8, 4) is 0 Å². The second-order valence-corrected chi connectivity index (χ2v) is 7.95. The Labute approximate surface area is 121 Å². The van der Waals surface area contributed by atoms with Crippen molar-refractivity contribution >= 4 is 21.6 Å².